The minimum absolute atomic E-state index is 0.0949. The van der Waals surface area contributed by atoms with Gasteiger partial charge in [0.15, 0.2) is 0 Å². The molecule has 0 aromatic heterocycles. The molecule has 2 heterocycles. The van der Waals surface area contributed by atoms with Gasteiger partial charge in [-0.3, -0.25) is 15.0 Å². The number of amides is 1. The van der Waals surface area contributed by atoms with E-state index in [0.29, 0.717) is 38.3 Å². The van der Waals surface area contributed by atoms with Gasteiger partial charge in [0.05, 0.1) is 28.4 Å². The number of non-ortho nitro benzene ring substituents is 1. The van der Waals surface area contributed by atoms with Gasteiger partial charge < -0.3 is 9.64 Å². The van der Waals surface area contributed by atoms with E-state index < -0.39 is 4.92 Å². The van der Waals surface area contributed by atoms with E-state index in [-0.39, 0.29) is 17.3 Å². The molecule has 0 unspecified atom stereocenters. The van der Waals surface area contributed by atoms with Gasteiger partial charge in [-0.15, -0.1) is 0 Å². The van der Waals surface area contributed by atoms with Crippen molar-refractivity contribution >= 4 is 23.2 Å². The second-order valence-corrected chi connectivity index (χ2v) is 6.42. The molecule has 2 aliphatic rings. The van der Waals surface area contributed by atoms with Crippen LogP contribution in [0.4, 0.5) is 21.9 Å². The Morgan fingerprint density at radius 2 is 2.04 bits per heavy atom. The fourth-order valence-electron chi connectivity index (χ4n) is 3.66. The van der Waals surface area contributed by atoms with Crippen LogP contribution in [0.15, 0.2) is 36.4 Å². The van der Waals surface area contributed by atoms with Gasteiger partial charge in [0.1, 0.15) is 12.7 Å². The van der Waals surface area contributed by atoms with Gasteiger partial charge >= 0.3 is 6.09 Å². The average molecular weight is 364 g/mol. The first kappa shape index (κ1) is 16.8. The molecule has 0 atom stereocenters. The van der Waals surface area contributed by atoms with Crippen molar-refractivity contribution in [3.05, 3.63) is 63.2 Å². The molecule has 0 saturated carbocycles. The zero-order chi connectivity index (χ0) is 19.0. The Morgan fingerprint density at radius 1 is 1.19 bits per heavy atom. The number of carbonyl (C=O) groups is 1. The first-order valence-electron chi connectivity index (χ1n) is 8.57. The van der Waals surface area contributed by atoms with Crippen molar-refractivity contribution < 1.29 is 14.5 Å². The molecule has 8 nitrogen and oxygen atoms in total. The largest absolute Gasteiger partial charge is 0.447 e. The molecule has 1 amide bonds. The predicted molar refractivity (Wildman–Crippen MR) is 97.7 cm³/mol. The predicted octanol–water partition coefficient (Wildman–Crippen LogP) is 2.99. The zero-order valence-electron chi connectivity index (χ0n) is 14.4. The van der Waals surface area contributed by atoms with Crippen LogP contribution in [-0.2, 0) is 17.7 Å². The highest BCUT2D eigenvalue weighted by Crippen LogP contribution is 2.34. The number of nitro benzene ring substituents is 1. The fraction of sp³-hybridized carbons (Fsp3) is 0.263. The van der Waals surface area contributed by atoms with E-state index in [0.717, 1.165) is 16.8 Å². The highest BCUT2D eigenvalue weighted by Gasteiger charge is 2.29. The van der Waals surface area contributed by atoms with Crippen LogP contribution >= 0.6 is 0 Å². The van der Waals surface area contributed by atoms with Gasteiger partial charge in [-0.2, -0.15) is 5.26 Å². The molecule has 2 aromatic carbocycles. The molecule has 1 saturated heterocycles. The molecular formula is C19H16N4O4. The number of hydrogen-bond acceptors (Lipinski definition) is 6. The summed E-state index contributed by atoms with van der Waals surface area (Å²) in [5.74, 6) is 0. The molecule has 4 rings (SSSR count). The van der Waals surface area contributed by atoms with Crippen LogP contribution in [0.1, 0.15) is 16.7 Å². The molecule has 2 aliphatic heterocycles. The van der Waals surface area contributed by atoms with Gasteiger partial charge in [0.2, 0.25) is 0 Å². The molecule has 0 aliphatic carbocycles. The molecule has 0 radical (unpaired) electrons. The van der Waals surface area contributed by atoms with Crippen LogP contribution in [0.3, 0.4) is 0 Å². The SMILES string of the molecule is N#Cc1cc([N+](=O)[O-])ccc1N1CCc2c(cccc2N2CCOC2=O)C1. The first-order chi connectivity index (χ1) is 13.1. The molecule has 0 spiro atoms. The second-order valence-electron chi connectivity index (χ2n) is 6.42. The summed E-state index contributed by atoms with van der Waals surface area (Å²) in [6.07, 6.45) is 0.380. The summed E-state index contributed by atoms with van der Waals surface area (Å²) >= 11 is 0. The lowest BCUT2D eigenvalue weighted by molar-refractivity contribution is -0.384. The van der Waals surface area contributed by atoms with Crippen LogP contribution in [0, 0.1) is 21.4 Å². The van der Waals surface area contributed by atoms with Gasteiger partial charge in [-0.05, 0) is 29.7 Å². The first-order valence-corrected chi connectivity index (χ1v) is 8.57. The van der Waals surface area contributed by atoms with E-state index in [4.69, 9.17) is 4.74 Å². The number of ether oxygens (including phenoxy) is 1. The number of rotatable bonds is 3. The van der Waals surface area contributed by atoms with Gasteiger partial charge in [-0.25, -0.2) is 4.79 Å². The minimum atomic E-state index is -0.502. The van der Waals surface area contributed by atoms with Gasteiger partial charge in [0.25, 0.3) is 5.69 Å². The monoisotopic (exact) mass is 364 g/mol. The van der Waals surface area contributed by atoms with Crippen LogP contribution in [-0.4, -0.2) is 30.7 Å². The molecule has 27 heavy (non-hydrogen) atoms. The summed E-state index contributed by atoms with van der Waals surface area (Å²) in [7, 11) is 0. The third kappa shape index (κ3) is 2.93. The number of anilines is 2. The summed E-state index contributed by atoms with van der Waals surface area (Å²) in [6.45, 7) is 2.15. The van der Waals surface area contributed by atoms with E-state index in [1.165, 1.54) is 12.1 Å². The summed E-state index contributed by atoms with van der Waals surface area (Å²) in [6, 6.07) is 12.2. The summed E-state index contributed by atoms with van der Waals surface area (Å²) in [5, 5.41) is 20.4. The maximum absolute atomic E-state index is 11.9. The normalized spacial score (nSPS) is 15.9. The number of hydrogen-bond donors (Lipinski definition) is 0. The summed E-state index contributed by atoms with van der Waals surface area (Å²) in [4.78, 5) is 26.1. The quantitative estimate of drug-likeness (QED) is 0.613. The minimum Gasteiger partial charge on any atom is -0.447 e. The van der Waals surface area contributed by atoms with Crippen LogP contribution in [0.5, 0.6) is 0 Å². The Labute approximate surface area is 155 Å². The third-order valence-electron chi connectivity index (χ3n) is 4.94. The molecule has 1 fully saturated rings. The van der Waals surface area contributed by atoms with E-state index in [1.54, 1.807) is 11.0 Å². The number of cyclic esters (lactones) is 1. The molecule has 8 heteroatoms. The second kappa shape index (κ2) is 6.61. The van der Waals surface area contributed by atoms with Crippen molar-refractivity contribution in [2.24, 2.45) is 0 Å². The molecule has 136 valence electrons. The standard InChI is InChI=1S/C19H16N4O4/c20-11-14-10-15(23(25)26)4-5-17(14)21-7-6-16-13(12-21)2-1-3-18(16)22-8-9-27-19(22)24/h1-5,10H,6-9,12H2. The van der Waals surface area contributed by atoms with Crippen LogP contribution in [0.25, 0.3) is 0 Å². The number of carbonyl (C=O) groups excluding carboxylic acids is 1. The lowest BCUT2D eigenvalue weighted by atomic mass is 9.96. The van der Waals surface area contributed by atoms with E-state index in [2.05, 4.69) is 6.07 Å². The highest BCUT2D eigenvalue weighted by atomic mass is 16.6. The maximum atomic E-state index is 11.9. The fourth-order valence-corrected chi connectivity index (χ4v) is 3.66. The van der Waals surface area contributed by atoms with Crippen molar-refractivity contribution in [2.75, 3.05) is 29.5 Å². The topological polar surface area (TPSA) is 99.7 Å². The Morgan fingerprint density at radius 3 is 2.74 bits per heavy atom. The van der Waals surface area contributed by atoms with Crippen molar-refractivity contribution in [2.45, 2.75) is 13.0 Å². The smallest absolute Gasteiger partial charge is 0.414 e. The number of fused-ring (bicyclic) bond motifs is 1. The number of nitrogens with zero attached hydrogens (tertiary/aromatic N) is 4. The van der Waals surface area contributed by atoms with Crippen LogP contribution in [0.2, 0.25) is 0 Å². The molecule has 0 bridgehead atoms. The molecule has 0 N–H and O–H groups in total. The Balaban J connectivity index is 1.66. The Bertz CT molecular complexity index is 982. The van der Waals surface area contributed by atoms with Gasteiger partial charge in [0, 0.05) is 25.2 Å². The Hall–Kier alpha value is -3.60. The average Bonchev–Trinajstić information content (AvgIpc) is 3.12. The zero-order valence-corrected chi connectivity index (χ0v) is 14.4. The molecular weight excluding hydrogens is 348 g/mol. The van der Waals surface area contributed by atoms with E-state index >= 15 is 0 Å². The number of benzene rings is 2. The number of nitriles is 1. The van der Waals surface area contributed by atoms with Crippen molar-refractivity contribution in [1.29, 1.82) is 5.26 Å². The third-order valence-corrected chi connectivity index (χ3v) is 4.94. The number of nitro groups is 1. The van der Waals surface area contributed by atoms with Crippen molar-refractivity contribution in [1.82, 2.24) is 0 Å². The maximum Gasteiger partial charge on any atom is 0.414 e. The molecule has 2 aromatic rings. The summed E-state index contributed by atoms with van der Waals surface area (Å²) in [5.41, 5.74) is 3.92. The highest BCUT2D eigenvalue weighted by molar-refractivity contribution is 5.90. The Kier molecular flexibility index (Phi) is 4.12. The lowest BCUT2D eigenvalue weighted by Gasteiger charge is -2.33. The van der Waals surface area contributed by atoms with E-state index in [1.807, 2.05) is 23.1 Å². The lowest BCUT2D eigenvalue weighted by Crippen LogP contribution is -2.33. The van der Waals surface area contributed by atoms with Gasteiger partial charge in [-0.1, -0.05) is 12.1 Å². The summed E-state index contributed by atoms with van der Waals surface area (Å²) < 4.78 is 5.05. The van der Waals surface area contributed by atoms with Crippen LogP contribution < -0.4 is 9.80 Å². The van der Waals surface area contributed by atoms with E-state index in [9.17, 15) is 20.2 Å². The van der Waals surface area contributed by atoms with Crippen molar-refractivity contribution in [3.63, 3.8) is 0 Å². The van der Waals surface area contributed by atoms with Crippen molar-refractivity contribution in [3.8, 4) is 6.07 Å².